The monoisotopic (exact) mass is 323 g/mol. The molecule has 0 radical (unpaired) electrons. The molecule has 1 aromatic rings. The van der Waals surface area contributed by atoms with Gasteiger partial charge < -0.3 is 15.1 Å². The van der Waals surface area contributed by atoms with Gasteiger partial charge in [0.05, 0.1) is 6.54 Å². The minimum absolute atomic E-state index is 0.231. The van der Waals surface area contributed by atoms with Crippen molar-refractivity contribution in [2.75, 3.05) is 44.2 Å². The van der Waals surface area contributed by atoms with E-state index in [2.05, 4.69) is 26.5 Å². The summed E-state index contributed by atoms with van der Waals surface area (Å²) in [6.45, 7) is 6.99. The van der Waals surface area contributed by atoms with Gasteiger partial charge in [0.15, 0.2) is 0 Å². The largest absolute Gasteiger partial charge is 0.345 e. The number of rotatable bonds is 6. The van der Waals surface area contributed by atoms with Crippen LogP contribution in [0.1, 0.15) is 32.0 Å². The summed E-state index contributed by atoms with van der Waals surface area (Å²) in [5.41, 5.74) is 0. The number of anilines is 1. The van der Waals surface area contributed by atoms with Crippen LogP contribution in [0.5, 0.6) is 0 Å². The Hall–Kier alpha value is -1.21. The van der Waals surface area contributed by atoms with E-state index in [1.54, 1.807) is 0 Å². The summed E-state index contributed by atoms with van der Waals surface area (Å²) in [6.07, 6.45) is 4.51. The molecule has 1 aromatic heterocycles. The fraction of sp³-hybridized carbons (Fsp3) is 0.800. The molecule has 6 nitrogen and oxygen atoms in total. The Morgan fingerprint density at radius 2 is 2.18 bits per heavy atom. The molecule has 122 valence electrons. The van der Waals surface area contributed by atoms with Gasteiger partial charge in [0.1, 0.15) is 5.82 Å². The molecule has 1 aliphatic carbocycles. The molecule has 7 heteroatoms. The minimum Gasteiger partial charge on any atom is -0.345 e. The third-order valence-electron chi connectivity index (χ3n) is 4.30. The molecule has 1 aliphatic heterocycles. The summed E-state index contributed by atoms with van der Waals surface area (Å²) in [6, 6.07) is 0. The molecule has 0 bridgehead atoms. The second-order valence-corrected chi connectivity index (χ2v) is 6.87. The first kappa shape index (κ1) is 15.7. The van der Waals surface area contributed by atoms with Gasteiger partial charge >= 0.3 is 0 Å². The number of nitrogens with zero attached hydrogens (tertiary/aromatic N) is 4. The van der Waals surface area contributed by atoms with E-state index in [1.165, 1.54) is 24.4 Å². The van der Waals surface area contributed by atoms with Gasteiger partial charge in [-0.15, -0.1) is 0 Å². The smallest absolute Gasteiger partial charge is 0.236 e. The highest BCUT2D eigenvalue weighted by molar-refractivity contribution is 7.09. The van der Waals surface area contributed by atoms with Crippen LogP contribution in [-0.4, -0.2) is 59.4 Å². The van der Waals surface area contributed by atoms with Crippen LogP contribution in [0.4, 0.5) is 5.13 Å². The van der Waals surface area contributed by atoms with Gasteiger partial charge in [0.25, 0.3) is 0 Å². The second-order valence-electron chi connectivity index (χ2n) is 6.14. The fourth-order valence-corrected chi connectivity index (χ4v) is 3.49. The third kappa shape index (κ3) is 4.16. The zero-order chi connectivity index (χ0) is 15.4. The lowest BCUT2D eigenvalue weighted by atomic mass is 10.3. The van der Waals surface area contributed by atoms with E-state index in [0.29, 0.717) is 6.54 Å². The van der Waals surface area contributed by atoms with E-state index >= 15 is 0 Å². The number of aryl methyl sites for hydroxylation is 1. The van der Waals surface area contributed by atoms with Crippen molar-refractivity contribution >= 4 is 22.6 Å². The molecule has 0 aromatic carbocycles. The Kier molecular flexibility index (Phi) is 5.25. The molecule has 2 aliphatic rings. The first-order valence-electron chi connectivity index (χ1n) is 8.32. The van der Waals surface area contributed by atoms with Crippen molar-refractivity contribution < 1.29 is 4.79 Å². The van der Waals surface area contributed by atoms with Crippen molar-refractivity contribution in [1.29, 1.82) is 0 Å². The van der Waals surface area contributed by atoms with Crippen molar-refractivity contribution in [3.8, 4) is 0 Å². The van der Waals surface area contributed by atoms with Crippen LogP contribution in [0.15, 0.2) is 0 Å². The first-order valence-corrected chi connectivity index (χ1v) is 9.09. The van der Waals surface area contributed by atoms with Gasteiger partial charge in [0, 0.05) is 44.1 Å². The SMILES string of the molecule is CCc1nsc(N2CCCN(C(=O)CNCC3CC3)CC2)n1. The average Bonchev–Trinajstić information content (AvgIpc) is 3.28. The van der Waals surface area contributed by atoms with Crippen molar-refractivity contribution in [1.82, 2.24) is 19.6 Å². The van der Waals surface area contributed by atoms with Crippen LogP contribution in [0, 0.1) is 5.92 Å². The number of carbonyl (C=O) groups is 1. The van der Waals surface area contributed by atoms with Crippen molar-refractivity contribution in [2.45, 2.75) is 32.6 Å². The standard InChI is InChI=1S/C15H25N5OS/c1-2-13-17-15(22-18-13)20-7-3-6-19(8-9-20)14(21)11-16-10-12-4-5-12/h12,16H,2-11H2,1H3. The Morgan fingerprint density at radius 1 is 1.32 bits per heavy atom. The summed E-state index contributed by atoms with van der Waals surface area (Å²) in [5, 5.41) is 4.29. The number of amides is 1. The quantitative estimate of drug-likeness (QED) is 0.851. The van der Waals surface area contributed by atoms with Crippen LogP contribution in [0.25, 0.3) is 0 Å². The fourth-order valence-electron chi connectivity index (χ4n) is 2.69. The van der Waals surface area contributed by atoms with E-state index in [4.69, 9.17) is 0 Å². The zero-order valence-electron chi connectivity index (χ0n) is 13.3. The second kappa shape index (κ2) is 7.37. The van der Waals surface area contributed by atoms with E-state index < -0.39 is 0 Å². The van der Waals surface area contributed by atoms with Crippen LogP contribution in [0.2, 0.25) is 0 Å². The lowest BCUT2D eigenvalue weighted by molar-refractivity contribution is -0.130. The highest BCUT2D eigenvalue weighted by Gasteiger charge is 2.23. The molecule has 3 rings (SSSR count). The Balaban J connectivity index is 1.47. The van der Waals surface area contributed by atoms with E-state index in [9.17, 15) is 4.79 Å². The zero-order valence-corrected chi connectivity index (χ0v) is 14.1. The molecular formula is C15H25N5OS. The summed E-state index contributed by atoms with van der Waals surface area (Å²) in [7, 11) is 0. The predicted octanol–water partition coefficient (Wildman–Crippen LogP) is 1.14. The Bertz CT molecular complexity index is 502. The highest BCUT2D eigenvalue weighted by atomic mass is 32.1. The number of hydrogen-bond acceptors (Lipinski definition) is 6. The predicted molar refractivity (Wildman–Crippen MR) is 88.3 cm³/mol. The average molecular weight is 323 g/mol. The summed E-state index contributed by atoms with van der Waals surface area (Å²) < 4.78 is 4.36. The maximum atomic E-state index is 12.3. The molecule has 0 unspecified atom stereocenters. The molecule has 2 heterocycles. The molecule has 1 amide bonds. The summed E-state index contributed by atoms with van der Waals surface area (Å²) in [5.74, 6) is 1.97. The maximum Gasteiger partial charge on any atom is 0.236 e. The van der Waals surface area contributed by atoms with Crippen LogP contribution in [0.3, 0.4) is 0 Å². The van der Waals surface area contributed by atoms with Gasteiger partial charge in [-0.2, -0.15) is 4.37 Å². The Morgan fingerprint density at radius 3 is 2.91 bits per heavy atom. The van der Waals surface area contributed by atoms with Gasteiger partial charge in [0.2, 0.25) is 11.0 Å². The molecule has 0 spiro atoms. The molecule has 0 atom stereocenters. The number of nitrogens with one attached hydrogen (secondary N) is 1. The van der Waals surface area contributed by atoms with Gasteiger partial charge in [-0.05, 0) is 31.7 Å². The number of carbonyl (C=O) groups excluding carboxylic acids is 1. The maximum absolute atomic E-state index is 12.3. The van der Waals surface area contributed by atoms with E-state index in [0.717, 1.165) is 62.4 Å². The Labute approximate surface area is 136 Å². The lowest BCUT2D eigenvalue weighted by Gasteiger charge is -2.21. The number of aromatic nitrogens is 2. The summed E-state index contributed by atoms with van der Waals surface area (Å²) in [4.78, 5) is 21.1. The van der Waals surface area contributed by atoms with Crippen LogP contribution in [-0.2, 0) is 11.2 Å². The molecule has 1 saturated carbocycles. The topological polar surface area (TPSA) is 61.4 Å². The third-order valence-corrected chi connectivity index (χ3v) is 5.11. The highest BCUT2D eigenvalue weighted by Crippen LogP contribution is 2.27. The first-order chi connectivity index (χ1) is 10.8. The molecular weight excluding hydrogens is 298 g/mol. The van der Waals surface area contributed by atoms with Gasteiger partial charge in [-0.1, -0.05) is 6.92 Å². The van der Waals surface area contributed by atoms with Crippen molar-refractivity contribution in [3.63, 3.8) is 0 Å². The molecule has 1 N–H and O–H groups in total. The van der Waals surface area contributed by atoms with E-state index in [1.807, 2.05) is 4.90 Å². The van der Waals surface area contributed by atoms with E-state index in [-0.39, 0.29) is 5.91 Å². The van der Waals surface area contributed by atoms with Crippen LogP contribution < -0.4 is 10.2 Å². The van der Waals surface area contributed by atoms with Crippen LogP contribution >= 0.6 is 11.5 Å². The molecule has 22 heavy (non-hydrogen) atoms. The van der Waals surface area contributed by atoms with Crippen molar-refractivity contribution in [3.05, 3.63) is 5.82 Å². The normalized spacial score (nSPS) is 19.3. The minimum atomic E-state index is 0.231. The van der Waals surface area contributed by atoms with Gasteiger partial charge in [-0.25, -0.2) is 4.98 Å². The number of hydrogen-bond donors (Lipinski definition) is 1. The molecule has 1 saturated heterocycles. The molecule has 2 fully saturated rings. The van der Waals surface area contributed by atoms with Crippen molar-refractivity contribution in [2.24, 2.45) is 5.92 Å². The van der Waals surface area contributed by atoms with Gasteiger partial charge in [-0.3, -0.25) is 4.79 Å². The summed E-state index contributed by atoms with van der Waals surface area (Å²) >= 11 is 1.47. The lowest BCUT2D eigenvalue weighted by Crippen LogP contribution is -2.40.